The van der Waals surface area contributed by atoms with Crippen molar-refractivity contribution >= 4 is 17.6 Å². The molecule has 0 fully saturated rings. The monoisotopic (exact) mass is 331 g/mol. The Morgan fingerprint density at radius 2 is 1.88 bits per heavy atom. The van der Waals surface area contributed by atoms with E-state index in [9.17, 15) is 9.90 Å². The Labute approximate surface area is 146 Å². The van der Waals surface area contributed by atoms with E-state index in [1.807, 2.05) is 54.6 Å². The van der Waals surface area contributed by atoms with Crippen molar-refractivity contribution in [2.45, 2.75) is 6.61 Å². The van der Waals surface area contributed by atoms with Crippen LogP contribution in [0.1, 0.15) is 16.7 Å². The van der Waals surface area contributed by atoms with Crippen LogP contribution in [0.25, 0.3) is 11.6 Å². The van der Waals surface area contributed by atoms with E-state index in [0.29, 0.717) is 17.9 Å². The summed E-state index contributed by atoms with van der Waals surface area (Å²) in [4.78, 5) is 15.6. The van der Waals surface area contributed by atoms with Gasteiger partial charge in [-0.2, -0.15) is 0 Å². The SMILES string of the molecule is O=C(O)/C(=C/c1cccc(OCc2ccccc2)c1)c1cccnc1. The third-order valence-electron chi connectivity index (χ3n) is 3.62. The van der Waals surface area contributed by atoms with E-state index >= 15 is 0 Å². The number of hydrogen-bond donors (Lipinski definition) is 1. The Bertz CT molecular complexity index is 874. The van der Waals surface area contributed by atoms with Crippen molar-refractivity contribution < 1.29 is 14.6 Å². The van der Waals surface area contributed by atoms with Gasteiger partial charge in [0.2, 0.25) is 0 Å². The average Bonchev–Trinajstić information content (AvgIpc) is 2.66. The Balaban J connectivity index is 1.81. The molecular weight excluding hydrogens is 314 g/mol. The van der Waals surface area contributed by atoms with Crippen molar-refractivity contribution in [1.29, 1.82) is 0 Å². The molecule has 1 aromatic heterocycles. The number of hydrogen-bond acceptors (Lipinski definition) is 3. The molecule has 0 atom stereocenters. The van der Waals surface area contributed by atoms with Crippen LogP contribution in [0.15, 0.2) is 79.1 Å². The quantitative estimate of drug-likeness (QED) is 0.685. The lowest BCUT2D eigenvalue weighted by molar-refractivity contribution is -0.130. The summed E-state index contributed by atoms with van der Waals surface area (Å²) >= 11 is 0. The van der Waals surface area contributed by atoms with Gasteiger partial charge in [0.15, 0.2) is 0 Å². The molecule has 0 spiro atoms. The number of benzene rings is 2. The lowest BCUT2D eigenvalue weighted by Crippen LogP contribution is -2.00. The second-order valence-electron chi connectivity index (χ2n) is 5.45. The van der Waals surface area contributed by atoms with E-state index in [-0.39, 0.29) is 5.57 Å². The molecule has 3 rings (SSSR count). The lowest BCUT2D eigenvalue weighted by atomic mass is 10.0. The molecular formula is C21H17NO3. The summed E-state index contributed by atoms with van der Waals surface area (Å²) in [5, 5.41) is 9.48. The van der Waals surface area contributed by atoms with Gasteiger partial charge in [0, 0.05) is 18.0 Å². The predicted octanol–water partition coefficient (Wildman–Crippen LogP) is 4.29. The molecule has 0 aliphatic heterocycles. The summed E-state index contributed by atoms with van der Waals surface area (Å²) in [6, 6.07) is 20.7. The Morgan fingerprint density at radius 3 is 2.60 bits per heavy atom. The van der Waals surface area contributed by atoms with Gasteiger partial charge in [-0.1, -0.05) is 48.5 Å². The molecule has 0 radical (unpaired) electrons. The minimum Gasteiger partial charge on any atom is -0.489 e. The van der Waals surface area contributed by atoms with Crippen molar-refractivity contribution in [2.24, 2.45) is 0 Å². The minimum atomic E-state index is -0.997. The maximum Gasteiger partial charge on any atom is 0.336 e. The molecule has 0 bridgehead atoms. The molecule has 4 heteroatoms. The molecule has 0 aliphatic carbocycles. The zero-order valence-electron chi connectivity index (χ0n) is 13.5. The molecule has 0 saturated carbocycles. The van der Waals surface area contributed by atoms with Crippen LogP contribution in [0.3, 0.4) is 0 Å². The van der Waals surface area contributed by atoms with E-state index in [2.05, 4.69) is 4.98 Å². The first-order chi connectivity index (χ1) is 12.2. The highest BCUT2D eigenvalue weighted by molar-refractivity contribution is 6.20. The maximum atomic E-state index is 11.6. The first kappa shape index (κ1) is 16.5. The molecule has 2 aromatic carbocycles. The van der Waals surface area contributed by atoms with Crippen LogP contribution >= 0.6 is 0 Å². The topological polar surface area (TPSA) is 59.4 Å². The number of rotatable bonds is 6. The van der Waals surface area contributed by atoms with Gasteiger partial charge in [0.25, 0.3) is 0 Å². The number of carboxylic acids is 1. The molecule has 25 heavy (non-hydrogen) atoms. The second kappa shape index (κ2) is 7.93. The molecule has 1 heterocycles. The number of carbonyl (C=O) groups is 1. The van der Waals surface area contributed by atoms with E-state index in [4.69, 9.17) is 4.74 Å². The van der Waals surface area contributed by atoms with E-state index in [1.54, 1.807) is 24.4 Å². The minimum absolute atomic E-state index is 0.188. The van der Waals surface area contributed by atoms with Gasteiger partial charge in [-0.25, -0.2) is 4.79 Å². The maximum absolute atomic E-state index is 11.6. The molecule has 0 amide bonds. The lowest BCUT2D eigenvalue weighted by Gasteiger charge is -2.08. The second-order valence-corrected chi connectivity index (χ2v) is 5.45. The van der Waals surface area contributed by atoms with E-state index < -0.39 is 5.97 Å². The zero-order valence-corrected chi connectivity index (χ0v) is 13.5. The molecule has 1 N–H and O–H groups in total. The van der Waals surface area contributed by atoms with E-state index in [1.165, 1.54) is 6.20 Å². The van der Waals surface area contributed by atoms with Crippen molar-refractivity contribution in [3.8, 4) is 5.75 Å². The molecule has 4 nitrogen and oxygen atoms in total. The molecule has 124 valence electrons. The smallest absolute Gasteiger partial charge is 0.336 e. The highest BCUT2D eigenvalue weighted by atomic mass is 16.5. The fraction of sp³-hybridized carbons (Fsp3) is 0.0476. The number of ether oxygens (including phenoxy) is 1. The highest BCUT2D eigenvalue weighted by Gasteiger charge is 2.10. The largest absolute Gasteiger partial charge is 0.489 e. The van der Waals surface area contributed by atoms with Crippen LogP contribution in [-0.2, 0) is 11.4 Å². The van der Waals surface area contributed by atoms with Gasteiger partial charge < -0.3 is 9.84 Å². The van der Waals surface area contributed by atoms with Gasteiger partial charge in [0.1, 0.15) is 12.4 Å². The van der Waals surface area contributed by atoms with Gasteiger partial charge in [0.05, 0.1) is 5.57 Å². The summed E-state index contributed by atoms with van der Waals surface area (Å²) in [6.07, 6.45) is 4.77. The molecule has 0 unspecified atom stereocenters. The Hall–Kier alpha value is -3.40. The van der Waals surface area contributed by atoms with Crippen molar-refractivity contribution in [2.75, 3.05) is 0 Å². The first-order valence-corrected chi connectivity index (χ1v) is 7.84. The van der Waals surface area contributed by atoms with Crippen LogP contribution in [-0.4, -0.2) is 16.1 Å². The van der Waals surface area contributed by atoms with Gasteiger partial charge in [-0.3, -0.25) is 4.98 Å². The number of pyridine rings is 1. The standard InChI is InChI=1S/C21H17NO3/c23-21(24)20(18-9-5-11-22-14-18)13-17-8-4-10-19(12-17)25-15-16-6-2-1-3-7-16/h1-14H,15H2,(H,23,24)/b20-13+. The summed E-state index contributed by atoms with van der Waals surface area (Å²) in [5.41, 5.74) is 2.58. The number of carboxylic acid groups (broad SMARTS) is 1. The van der Waals surface area contributed by atoms with Gasteiger partial charge in [-0.05, 0) is 35.4 Å². The van der Waals surface area contributed by atoms with Crippen molar-refractivity contribution in [3.63, 3.8) is 0 Å². The fourth-order valence-corrected chi connectivity index (χ4v) is 2.39. The van der Waals surface area contributed by atoms with Gasteiger partial charge >= 0.3 is 5.97 Å². The van der Waals surface area contributed by atoms with Crippen LogP contribution in [0, 0.1) is 0 Å². The first-order valence-electron chi connectivity index (χ1n) is 7.84. The predicted molar refractivity (Wildman–Crippen MR) is 97.0 cm³/mol. The van der Waals surface area contributed by atoms with E-state index in [0.717, 1.165) is 11.1 Å². The normalized spacial score (nSPS) is 11.1. The van der Waals surface area contributed by atoms with Crippen LogP contribution < -0.4 is 4.74 Å². The number of aliphatic carboxylic acids is 1. The van der Waals surface area contributed by atoms with Crippen molar-refractivity contribution in [1.82, 2.24) is 4.98 Å². The molecule has 0 aliphatic rings. The summed E-state index contributed by atoms with van der Waals surface area (Å²) in [7, 11) is 0. The van der Waals surface area contributed by atoms with Crippen LogP contribution in [0.2, 0.25) is 0 Å². The zero-order chi connectivity index (χ0) is 17.5. The van der Waals surface area contributed by atoms with Crippen molar-refractivity contribution in [3.05, 3.63) is 95.8 Å². The highest BCUT2D eigenvalue weighted by Crippen LogP contribution is 2.21. The third-order valence-corrected chi connectivity index (χ3v) is 3.62. The summed E-state index contributed by atoms with van der Waals surface area (Å²) in [5.74, 6) is -0.308. The molecule has 0 saturated heterocycles. The summed E-state index contributed by atoms with van der Waals surface area (Å²) in [6.45, 7) is 0.461. The third kappa shape index (κ3) is 4.54. The number of aromatic nitrogens is 1. The average molecular weight is 331 g/mol. The Kier molecular flexibility index (Phi) is 5.22. The fourth-order valence-electron chi connectivity index (χ4n) is 2.39. The van der Waals surface area contributed by atoms with Gasteiger partial charge in [-0.15, -0.1) is 0 Å². The molecule has 3 aromatic rings. The van der Waals surface area contributed by atoms with Crippen LogP contribution in [0.4, 0.5) is 0 Å². The Morgan fingerprint density at radius 1 is 1.04 bits per heavy atom. The van der Waals surface area contributed by atoms with Crippen LogP contribution in [0.5, 0.6) is 5.75 Å². The summed E-state index contributed by atoms with van der Waals surface area (Å²) < 4.78 is 5.79. The number of nitrogens with zero attached hydrogens (tertiary/aromatic N) is 1.